The average Bonchev–Trinajstić information content (AvgIpc) is 3.29. The minimum absolute atomic E-state index is 0.148. The third-order valence-electron chi connectivity index (χ3n) is 5.13. The maximum absolute atomic E-state index is 12.6. The molecule has 0 radical (unpaired) electrons. The zero-order chi connectivity index (χ0) is 22.6. The molecule has 1 N–H and O–H groups in total. The van der Waals surface area contributed by atoms with Crippen LogP contribution < -0.4 is 10.1 Å². The van der Waals surface area contributed by atoms with Crippen LogP contribution in [-0.2, 0) is 4.74 Å². The van der Waals surface area contributed by atoms with Gasteiger partial charge in [0.15, 0.2) is 5.76 Å². The predicted molar refractivity (Wildman–Crippen MR) is 119 cm³/mol. The number of benzene rings is 2. The van der Waals surface area contributed by atoms with E-state index in [0.29, 0.717) is 48.7 Å². The lowest BCUT2D eigenvalue weighted by atomic mass is 10.2. The highest BCUT2D eigenvalue weighted by Gasteiger charge is 2.22. The Morgan fingerprint density at radius 3 is 2.48 bits per heavy atom. The molecule has 0 saturated carbocycles. The highest BCUT2D eigenvalue weighted by molar-refractivity contribution is 6.05. The van der Waals surface area contributed by atoms with Crippen LogP contribution in [0.4, 0.5) is 5.69 Å². The van der Waals surface area contributed by atoms with Crippen LogP contribution in [0, 0.1) is 0 Å². The molecule has 0 unspecified atom stereocenters. The Kier molecular flexibility index (Phi) is 5.69. The number of para-hydroxylation sites is 1. The highest BCUT2D eigenvalue weighted by Crippen LogP contribution is 2.25. The fourth-order valence-electron chi connectivity index (χ4n) is 3.43. The molecule has 9 heteroatoms. The van der Waals surface area contributed by atoms with E-state index in [1.807, 2.05) is 18.2 Å². The van der Waals surface area contributed by atoms with Crippen molar-refractivity contribution >= 4 is 28.5 Å². The van der Waals surface area contributed by atoms with E-state index in [0.717, 1.165) is 0 Å². The number of furan rings is 1. The van der Waals surface area contributed by atoms with Gasteiger partial charge in [-0.2, -0.15) is 0 Å². The Labute approximate surface area is 189 Å². The number of carbonyl (C=O) groups is 2. The number of nitrogens with zero attached hydrogens (tertiary/aromatic N) is 3. The fraction of sp³-hybridized carbons (Fsp3) is 0.167. The van der Waals surface area contributed by atoms with Crippen LogP contribution in [0.1, 0.15) is 20.9 Å². The van der Waals surface area contributed by atoms with Gasteiger partial charge in [0.1, 0.15) is 11.3 Å². The summed E-state index contributed by atoms with van der Waals surface area (Å²) in [5.74, 6) is 0.330. The van der Waals surface area contributed by atoms with Crippen molar-refractivity contribution in [2.45, 2.75) is 0 Å². The molecule has 1 fully saturated rings. The number of carbonyl (C=O) groups excluding carboxylic acids is 2. The Hall–Kier alpha value is -4.24. The van der Waals surface area contributed by atoms with Crippen LogP contribution in [0.15, 0.2) is 71.4 Å². The van der Waals surface area contributed by atoms with E-state index in [4.69, 9.17) is 13.9 Å². The van der Waals surface area contributed by atoms with Gasteiger partial charge >= 0.3 is 6.01 Å². The summed E-state index contributed by atoms with van der Waals surface area (Å²) in [5.41, 5.74) is 1.41. The first-order chi connectivity index (χ1) is 16.2. The van der Waals surface area contributed by atoms with Crippen LogP contribution >= 0.6 is 0 Å². The van der Waals surface area contributed by atoms with Crippen molar-refractivity contribution in [1.82, 2.24) is 14.9 Å². The van der Waals surface area contributed by atoms with Gasteiger partial charge in [0.2, 0.25) is 0 Å². The summed E-state index contributed by atoms with van der Waals surface area (Å²) in [6.45, 7) is 2.11. The number of anilines is 1. The first-order valence-electron chi connectivity index (χ1n) is 10.4. The molecule has 2 amide bonds. The van der Waals surface area contributed by atoms with Crippen molar-refractivity contribution in [3.63, 3.8) is 0 Å². The normalized spacial score (nSPS) is 13.6. The molecular formula is C24H20N4O5. The van der Waals surface area contributed by atoms with E-state index in [1.165, 1.54) is 12.4 Å². The Balaban J connectivity index is 1.26. The van der Waals surface area contributed by atoms with Gasteiger partial charge < -0.3 is 24.1 Å². The molecule has 2 aromatic heterocycles. The quantitative estimate of drug-likeness (QED) is 0.500. The van der Waals surface area contributed by atoms with E-state index in [1.54, 1.807) is 41.3 Å². The van der Waals surface area contributed by atoms with Gasteiger partial charge in [-0.05, 0) is 36.4 Å². The van der Waals surface area contributed by atoms with Gasteiger partial charge in [0, 0.05) is 36.6 Å². The van der Waals surface area contributed by atoms with Gasteiger partial charge in [-0.3, -0.25) is 9.59 Å². The van der Waals surface area contributed by atoms with Crippen LogP contribution in [0.2, 0.25) is 0 Å². The van der Waals surface area contributed by atoms with Crippen molar-refractivity contribution in [3.05, 3.63) is 78.3 Å². The number of nitrogens with one attached hydrogen (secondary N) is 1. The maximum atomic E-state index is 12.6. The summed E-state index contributed by atoms with van der Waals surface area (Å²) in [4.78, 5) is 35.1. The van der Waals surface area contributed by atoms with Crippen LogP contribution in [0.3, 0.4) is 0 Å². The molecule has 0 bridgehead atoms. The number of fused-ring (bicyclic) bond motifs is 1. The number of amides is 2. The topological polar surface area (TPSA) is 107 Å². The van der Waals surface area contributed by atoms with E-state index in [2.05, 4.69) is 15.3 Å². The second-order valence-electron chi connectivity index (χ2n) is 7.39. The Bertz CT molecular complexity index is 1280. The van der Waals surface area contributed by atoms with Crippen molar-refractivity contribution in [2.75, 3.05) is 31.6 Å². The summed E-state index contributed by atoms with van der Waals surface area (Å²) in [5, 5.41) is 3.52. The molecular weight excluding hydrogens is 424 g/mol. The van der Waals surface area contributed by atoms with Gasteiger partial charge in [-0.25, -0.2) is 9.97 Å². The number of rotatable bonds is 5. The number of morpholine rings is 1. The van der Waals surface area contributed by atoms with Crippen molar-refractivity contribution in [2.24, 2.45) is 0 Å². The summed E-state index contributed by atoms with van der Waals surface area (Å²) >= 11 is 0. The predicted octanol–water partition coefficient (Wildman–Crippen LogP) is 3.74. The summed E-state index contributed by atoms with van der Waals surface area (Å²) in [6, 6.07) is 16.1. The SMILES string of the molecule is O=C(Nc1ccc2oc(C(=O)N3CCOCC3)cc2c1)c1cnc(Oc2ccccc2)nc1. The fourth-order valence-corrected chi connectivity index (χ4v) is 3.43. The molecule has 4 aromatic rings. The molecule has 0 atom stereocenters. The maximum Gasteiger partial charge on any atom is 0.321 e. The lowest BCUT2D eigenvalue weighted by Gasteiger charge is -2.25. The van der Waals surface area contributed by atoms with Crippen LogP contribution in [0.25, 0.3) is 11.0 Å². The lowest BCUT2D eigenvalue weighted by Crippen LogP contribution is -2.40. The molecule has 1 aliphatic rings. The molecule has 1 aliphatic heterocycles. The molecule has 5 rings (SSSR count). The number of ether oxygens (including phenoxy) is 2. The standard InChI is InChI=1S/C24H20N4O5/c29-22(17-14-25-24(26-15-17)32-19-4-2-1-3-5-19)27-18-6-7-20-16(12-18)13-21(33-20)23(30)28-8-10-31-11-9-28/h1-7,12-15H,8-11H2,(H,27,29). The lowest BCUT2D eigenvalue weighted by molar-refractivity contribution is 0.0284. The minimum Gasteiger partial charge on any atom is -0.451 e. The molecule has 1 saturated heterocycles. The smallest absolute Gasteiger partial charge is 0.321 e. The second kappa shape index (κ2) is 9.09. The monoisotopic (exact) mass is 444 g/mol. The van der Waals surface area contributed by atoms with E-state index in [-0.39, 0.29) is 29.1 Å². The molecule has 0 spiro atoms. The molecule has 0 aliphatic carbocycles. The van der Waals surface area contributed by atoms with E-state index < -0.39 is 0 Å². The van der Waals surface area contributed by atoms with Crippen molar-refractivity contribution in [1.29, 1.82) is 0 Å². The van der Waals surface area contributed by atoms with Gasteiger partial charge in [0.25, 0.3) is 11.8 Å². The van der Waals surface area contributed by atoms with Gasteiger partial charge in [0.05, 0.1) is 18.8 Å². The molecule has 2 aromatic carbocycles. The first kappa shape index (κ1) is 20.7. The summed E-state index contributed by atoms with van der Waals surface area (Å²) in [7, 11) is 0. The molecule has 9 nitrogen and oxygen atoms in total. The van der Waals surface area contributed by atoms with Gasteiger partial charge in [-0.1, -0.05) is 18.2 Å². The zero-order valence-corrected chi connectivity index (χ0v) is 17.6. The minimum atomic E-state index is -0.367. The Morgan fingerprint density at radius 2 is 1.73 bits per heavy atom. The average molecular weight is 444 g/mol. The molecule has 33 heavy (non-hydrogen) atoms. The zero-order valence-electron chi connectivity index (χ0n) is 17.6. The van der Waals surface area contributed by atoms with Crippen molar-refractivity contribution in [3.8, 4) is 11.8 Å². The third kappa shape index (κ3) is 4.68. The largest absolute Gasteiger partial charge is 0.451 e. The Morgan fingerprint density at radius 1 is 0.970 bits per heavy atom. The first-order valence-corrected chi connectivity index (χ1v) is 10.4. The van der Waals surface area contributed by atoms with Crippen LogP contribution in [-0.4, -0.2) is 53.0 Å². The van der Waals surface area contributed by atoms with E-state index in [9.17, 15) is 9.59 Å². The van der Waals surface area contributed by atoms with E-state index >= 15 is 0 Å². The summed E-state index contributed by atoms with van der Waals surface area (Å²) in [6.07, 6.45) is 2.80. The second-order valence-corrected chi connectivity index (χ2v) is 7.39. The molecule has 166 valence electrons. The third-order valence-corrected chi connectivity index (χ3v) is 5.13. The number of hydrogen-bond donors (Lipinski definition) is 1. The van der Waals surface area contributed by atoms with Crippen molar-refractivity contribution < 1.29 is 23.5 Å². The number of aromatic nitrogens is 2. The van der Waals surface area contributed by atoms with Crippen LogP contribution in [0.5, 0.6) is 11.8 Å². The summed E-state index contributed by atoms with van der Waals surface area (Å²) < 4.78 is 16.5. The van der Waals surface area contributed by atoms with Gasteiger partial charge in [-0.15, -0.1) is 0 Å². The highest BCUT2D eigenvalue weighted by atomic mass is 16.5. The molecule has 3 heterocycles. The number of hydrogen-bond acceptors (Lipinski definition) is 7.